The second kappa shape index (κ2) is 7.76. The van der Waals surface area contributed by atoms with Crippen LogP contribution in [0.5, 0.6) is 0 Å². The third-order valence-electron chi connectivity index (χ3n) is 4.64. The van der Waals surface area contributed by atoms with E-state index < -0.39 is 5.76 Å². The Labute approximate surface area is 179 Å². The number of hydrogen-bond acceptors (Lipinski definition) is 8. The lowest BCUT2D eigenvalue weighted by atomic mass is 10.0. The van der Waals surface area contributed by atoms with Crippen LogP contribution in [0.4, 0.5) is 10.6 Å². The van der Waals surface area contributed by atoms with Crippen LogP contribution in [0.2, 0.25) is 0 Å². The zero-order chi connectivity index (χ0) is 21.4. The third-order valence-corrected chi connectivity index (χ3v) is 5.64. The first-order valence-corrected chi connectivity index (χ1v) is 10.4. The molecule has 4 aromatic rings. The summed E-state index contributed by atoms with van der Waals surface area (Å²) in [6, 6.07) is 3.57. The van der Waals surface area contributed by atoms with Crippen molar-refractivity contribution >= 4 is 23.2 Å². The van der Waals surface area contributed by atoms with Gasteiger partial charge in [-0.1, -0.05) is 0 Å². The molecule has 0 unspecified atom stereocenters. The summed E-state index contributed by atoms with van der Waals surface area (Å²) in [4.78, 5) is 36.7. The Morgan fingerprint density at radius 3 is 2.74 bits per heavy atom. The summed E-state index contributed by atoms with van der Waals surface area (Å²) in [5.41, 5.74) is 3.76. The van der Waals surface area contributed by atoms with Gasteiger partial charge in [-0.2, -0.15) is 0 Å². The number of carbonyl (C=O) groups excluding carboxylic acids is 1. The van der Waals surface area contributed by atoms with Crippen molar-refractivity contribution in [2.24, 2.45) is 0 Å². The van der Waals surface area contributed by atoms with E-state index in [1.807, 2.05) is 12.3 Å². The van der Waals surface area contributed by atoms with E-state index in [1.54, 1.807) is 30.7 Å². The lowest BCUT2D eigenvalue weighted by Crippen LogP contribution is -2.30. The number of nitrogens with zero attached hydrogens (tertiary/aromatic N) is 4. The molecule has 1 fully saturated rings. The van der Waals surface area contributed by atoms with Crippen LogP contribution in [-0.2, 0) is 0 Å². The number of aromatic amines is 1. The molecule has 0 radical (unpaired) electrons. The molecule has 1 aliphatic carbocycles. The van der Waals surface area contributed by atoms with Gasteiger partial charge in [0.25, 0.3) is 5.89 Å². The number of carbonyl (C=O) groups is 1. The molecule has 0 aliphatic heterocycles. The number of urea groups is 1. The van der Waals surface area contributed by atoms with Crippen LogP contribution in [-0.4, -0.2) is 37.2 Å². The molecule has 0 spiro atoms. The molecule has 4 heterocycles. The van der Waals surface area contributed by atoms with E-state index in [2.05, 4.69) is 35.8 Å². The summed E-state index contributed by atoms with van der Waals surface area (Å²) in [5.74, 6) is -0.0675. The van der Waals surface area contributed by atoms with E-state index in [9.17, 15) is 9.59 Å². The predicted molar refractivity (Wildman–Crippen MR) is 115 cm³/mol. The number of aromatic nitrogens is 5. The monoisotopic (exact) mass is 435 g/mol. The lowest BCUT2D eigenvalue weighted by Gasteiger charge is -2.11. The largest absolute Gasteiger partial charge is 0.434 e. The summed E-state index contributed by atoms with van der Waals surface area (Å²) in [6.45, 7) is 1.92. The summed E-state index contributed by atoms with van der Waals surface area (Å²) in [7, 11) is 0. The smallest absolute Gasteiger partial charge is 0.388 e. The fraction of sp³-hybridized carbons (Fsp3) is 0.200. The Morgan fingerprint density at radius 2 is 2.03 bits per heavy atom. The van der Waals surface area contributed by atoms with Crippen LogP contribution in [0.3, 0.4) is 0 Å². The van der Waals surface area contributed by atoms with E-state index in [1.165, 1.54) is 11.3 Å². The molecule has 11 heteroatoms. The van der Waals surface area contributed by atoms with E-state index in [4.69, 9.17) is 4.42 Å². The summed E-state index contributed by atoms with van der Waals surface area (Å²) >= 11 is 1.50. The standard InChI is InChI=1S/C20H17N7O3S/c1-10-9-31-18(23-10)14-5-16(25-19(28)24-13-2-3-13)22-8-15(14)11-4-12(7-21-6-11)17-26-27-20(29)30-17/h4-9,13H,2-3H2,1H3,(H,27,29)(H2,22,24,25,28). The Bertz CT molecular complexity index is 1320. The first kappa shape index (κ1) is 19.1. The van der Waals surface area contributed by atoms with Crippen LogP contribution < -0.4 is 16.4 Å². The van der Waals surface area contributed by atoms with Gasteiger partial charge in [-0.3, -0.25) is 10.3 Å². The lowest BCUT2D eigenvalue weighted by molar-refractivity contribution is 0.251. The van der Waals surface area contributed by atoms with Gasteiger partial charge in [0.1, 0.15) is 10.8 Å². The fourth-order valence-electron chi connectivity index (χ4n) is 3.03. The molecule has 0 atom stereocenters. The van der Waals surface area contributed by atoms with Crippen molar-refractivity contribution in [2.75, 3.05) is 5.32 Å². The van der Waals surface area contributed by atoms with Crippen molar-refractivity contribution in [1.82, 2.24) is 30.5 Å². The number of hydrogen-bond donors (Lipinski definition) is 3. The maximum Gasteiger partial charge on any atom is 0.434 e. The number of nitrogens with one attached hydrogen (secondary N) is 3. The Morgan fingerprint density at radius 1 is 1.19 bits per heavy atom. The van der Waals surface area contributed by atoms with Crippen LogP contribution in [0, 0.1) is 6.92 Å². The Hall–Kier alpha value is -3.86. The predicted octanol–water partition coefficient (Wildman–Crippen LogP) is 3.20. The molecule has 0 aromatic carbocycles. The number of anilines is 1. The van der Waals surface area contributed by atoms with Crippen LogP contribution >= 0.6 is 11.3 Å². The van der Waals surface area contributed by atoms with Gasteiger partial charge in [-0.05, 0) is 31.9 Å². The molecule has 3 N–H and O–H groups in total. The minimum Gasteiger partial charge on any atom is -0.388 e. The van der Waals surface area contributed by atoms with E-state index in [0.717, 1.165) is 40.2 Å². The molecule has 1 aliphatic rings. The summed E-state index contributed by atoms with van der Waals surface area (Å²) in [5, 5.41) is 14.5. The third kappa shape index (κ3) is 4.21. The van der Waals surface area contributed by atoms with Crippen molar-refractivity contribution in [3.8, 4) is 33.2 Å². The fourth-order valence-corrected chi connectivity index (χ4v) is 3.86. The molecule has 1 saturated carbocycles. The number of rotatable bonds is 5. The van der Waals surface area contributed by atoms with Crippen LogP contribution in [0.1, 0.15) is 18.5 Å². The number of amides is 2. The van der Waals surface area contributed by atoms with Gasteiger partial charge in [0.15, 0.2) is 0 Å². The molecule has 156 valence electrons. The Balaban J connectivity index is 1.54. The van der Waals surface area contributed by atoms with Crippen molar-refractivity contribution in [3.63, 3.8) is 0 Å². The van der Waals surface area contributed by atoms with E-state index >= 15 is 0 Å². The first-order valence-electron chi connectivity index (χ1n) is 9.56. The van der Waals surface area contributed by atoms with Gasteiger partial charge in [0, 0.05) is 52.4 Å². The van der Waals surface area contributed by atoms with Crippen molar-refractivity contribution < 1.29 is 9.21 Å². The van der Waals surface area contributed by atoms with Crippen LogP contribution in [0.15, 0.2) is 45.3 Å². The van der Waals surface area contributed by atoms with E-state index in [0.29, 0.717) is 11.4 Å². The molecule has 5 rings (SSSR count). The van der Waals surface area contributed by atoms with Gasteiger partial charge >= 0.3 is 11.8 Å². The quantitative estimate of drug-likeness (QED) is 0.437. The second-order valence-corrected chi connectivity index (χ2v) is 8.02. The molecule has 4 aromatic heterocycles. The van der Waals surface area contributed by atoms with E-state index in [-0.39, 0.29) is 18.0 Å². The molecule has 0 bridgehead atoms. The maximum absolute atomic E-state index is 12.1. The molecule has 0 saturated heterocycles. The van der Waals surface area contributed by atoms with Gasteiger partial charge in [0.05, 0.1) is 5.56 Å². The molecular weight excluding hydrogens is 418 g/mol. The normalized spacial score (nSPS) is 13.2. The van der Waals surface area contributed by atoms with Gasteiger partial charge in [-0.15, -0.1) is 16.4 Å². The molecule has 10 nitrogen and oxygen atoms in total. The van der Waals surface area contributed by atoms with Crippen molar-refractivity contribution in [3.05, 3.63) is 52.3 Å². The summed E-state index contributed by atoms with van der Waals surface area (Å²) < 4.78 is 5.04. The highest BCUT2D eigenvalue weighted by Crippen LogP contribution is 2.35. The van der Waals surface area contributed by atoms with Crippen molar-refractivity contribution in [1.29, 1.82) is 0 Å². The highest BCUT2D eigenvalue weighted by Gasteiger charge is 2.23. The zero-order valence-corrected chi connectivity index (χ0v) is 17.2. The summed E-state index contributed by atoms with van der Waals surface area (Å²) in [6.07, 6.45) is 6.91. The Kier molecular flexibility index (Phi) is 4.79. The SMILES string of the molecule is Cc1csc(-c2cc(NC(=O)NC3CC3)ncc2-c2cncc(-c3n[nH]c(=O)o3)c2)n1. The average molecular weight is 435 g/mol. The van der Waals surface area contributed by atoms with Crippen molar-refractivity contribution in [2.45, 2.75) is 25.8 Å². The highest BCUT2D eigenvalue weighted by molar-refractivity contribution is 7.13. The minimum atomic E-state index is -0.638. The average Bonchev–Trinajstić information content (AvgIpc) is 3.28. The van der Waals surface area contributed by atoms with Gasteiger partial charge in [-0.25, -0.2) is 24.7 Å². The number of aryl methyl sites for hydroxylation is 1. The molecular formula is C20H17N7O3S. The number of thiazole rings is 1. The second-order valence-electron chi connectivity index (χ2n) is 7.16. The van der Waals surface area contributed by atoms with Gasteiger partial charge < -0.3 is 9.73 Å². The molecule has 31 heavy (non-hydrogen) atoms. The minimum absolute atomic E-state index is 0.147. The number of pyridine rings is 2. The number of H-pyrrole nitrogens is 1. The zero-order valence-electron chi connectivity index (χ0n) is 16.4. The molecule has 2 amide bonds. The highest BCUT2D eigenvalue weighted by atomic mass is 32.1. The van der Waals surface area contributed by atoms with Gasteiger partial charge in [0.2, 0.25) is 0 Å². The first-order chi connectivity index (χ1) is 15.0. The topological polar surface area (TPSA) is 139 Å². The maximum atomic E-state index is 12.1. The van der Waals surface area contributed by atoms with Crippen LogP contribution in [0.25, 0.3) is 33.2 Å².